The number of nitrogens with zero attached hydrogens (tertiary/aromatic N) is 3. The van der Waals surface area contributed by atoms with E-state index in [4.69, 9.17) is 18.9 Å². The van der Waals surface area contributed by atoms with Crippen molar-refractivity contribution >= 4 is 29.3 Å². The Kier molecular flexibility index (Phi) is 10.4. The van der Waals surface area contributed by atoms with Crippen LogP contribution in [0.1, 0.15) is 31.1 Å². The number of nitrogens with one attached hydrogen (secondary N) is 1. The molecule has 0 unspecified atom stereocenters. The second-order valence-electron chi connectivity index (χ2n) is 8.62. The quantitative estimate of drug-likeness (QED) is 0.152. The van der Waals surface area contributed by atoms with Gasteiger partial charge in [0.25, 0.3) is 0 Å². The number of thioether (sulfide) groups is 1. The average molecular weight is 595 g/mol. The first kappa shape index (κ1) is 30.4. The summed E-state index contributed by atoms with van der Waals surface area (Å²) in [5.41, 5.74) is 2.13. The number of halogens is 1. The smallest absolute Gasteiger partial charge is 0.337 e. The molecule has 0 bridgehead atoms. The Hall–Kier alpha value is -4.58. The number of carbonyl (C=O) groups excluding carboxylic acids is 2. The Balaban J connectivity index is 1.66. The van der Waals surface area contributed by atoms with E-state index in [0.29, 0.717) is 70.6 Å². The molecular formula is C30H31FN4O6S. The third-order valence-corrected chi connectivity index (χ3v) is 6.74. The first-order chi connectivity index (χ1) is 20.4. The molecule has 0 atom stereocenters. The summed E-state index contributed by atoms with van der Waals surface area (Å²) in [6.07, 6.45) is 0. The monoisotopic (exact) mass is 594 g/mol. The second-order valence-corrected chi connectivity index (χ2v) is 9.57. The number of amides is 1. The number of benzene rings is 3. The molecule has 3 aromatic carbocycles. The van der Waals surface area contributed by atoms with Crippen molar-refractivity contribution in [1.29, 1.82) is 0 Å². The number of hydrogen-bond donors (Lipinski definition) is 1. The fourth-order valence-electron chi connectivity index (χ4n) is 4.03. The number of carbonyl (C=O) groups is 2. The average Bonchev–Trinajstić information content (AvgIpc) is 3.42. The van der Waals surface area contributed by atoms with Crippen LogP contribution in [-0.4, -0.2) is 59.3 Å². The highest BCUT2D eigenvalue weighted by atomic mass is 32.2. The summed E-state index contributed by atoms with van der Waals surface area (Å²) in [5, 5.41) is 12.0. The molecule has 0 aliphatic carbocycles. The van der Waals surface area contributed by atoms with Gasteiger partial charge in [-0.2, -0.15) is 0 Å². The molecule has 42 heavy (non-hydrogen) atoms. The number of rotatable bonds is 13. The normalized spacial score (nSPS) is 10.7. The molecule has 220 valence electrons. The van der Waals surface area contributed by atoms with Crippen LogP contribution in [0, 0.1) is 5.82 Å². The zero-order valence-corrected chi connectivity index (χ0v) is 24.5. The molecule has 1 N–H and O–H groups in total. The summed E-state index contributed by atoms with van der Waals surface area (Å²) in [6.45, 7) is 6.85. The minimum atomic E-state index is -0.464. The Morgan fingerprint density at radius 1 is 0.881 bits per heavy atom. The molecule has 0 saturated carbocycles. The topological polar surface area (TPSA) is 114 Å². The predicted molar refractivity (Wildman–Crippen MR) is 157 cm³/mol. The maximum Gasteiger partial charge on any atom is 0.337 e. The zero-order chi connectivity index (χ0) is 30.1. The largest absolute Gasteiger partial charge is 0.490 e. The molecule has 0 aliphatic rings. The summed E-state index contributed by atoms with van der Waals surface area (Å²) in [7, 11) is 1.30. The zero-order valence-electron chi connectivity index (χ0n) is 23.7. The summed E-state index contributed by atoms with van der Waals surface area (Å²) in [4.78, 5) is 24.4. The fourth-order valence-corrected chi connectivity index (χ4v) is 4.78. The molecular weight excluding hydrogens is 563 g/mol. The van der Waals surface area contributed by atoms with Crippen LogP contribution in [0.5, 0.6) is 17.2 Å². The molecule has 10 nitrogen and oxygen atoms in total. The fraction of sp³-hybridized carbons (Fsp3) is 0.267. The molecule has 0 spiro atoms. The van der Waals surface area contributed by atoms with E-state index in [9.17, 15) is 14.0 Å². The third-order valence-electron chi connectivity index (χ3n) is 5.81. The van der Waals surface area contributed by atoms with Crippen LogP contribution in [0.4, 0.5) is 10.1 Å². The Labute approximate surface area is 247 Å². The third kappa shape index (κ3) is 7.19. The molecule has 0 radical (unpaired) electrons. The van der Waals surface area contributed by atoms with Gasteiger partial charge >= 0.3 is 5.97 Å². The van der Waals surface area contributed by atoms with Crippen molar-refractivity contribution in [1.82, 2.24) is 14.8 Å². The van der Waals surface area contributed by atoms with Crippen LogP contribution < -0.4 is 19.5 Å². The summed E-state index contributed by atoms with van der Waals surface area (Å²) in [5.74, 6) is 0.764. The van der Waals surface area contributed by atoms with Crippen LogP contribution in [0.25, 0.3) is 17.1 Å². The number of ether oxygens (including phenoxy) is 4. The lowest BCUT2D eigenvalue weighted by Crippen LogP contribution is -2.14. The van der Waals surface area contributed by atoms with Gasteiger partial charge in [-0.05, 0) is 81.4 Å². The van der Waals surface area contributed by atoms with Gasteiger partial charge in [-0.15, -0.1) is 10.2 Å². The van der Waals surface area contributed by atoms with Crippen LogP contribution >= 0.6 is 11.8 Å². The molecule has 4 rings (SSSR count). The predicted octanol–water partition coefficient (Wildman–Crippen LogP) is 5.79. The lowest BCUT2D eigenvalue weighted by molar-refractivity contribution is -0.113. The number of esters is 1. The standard InChI is InChI=1S/C30H31FN4O6S/c1-5-39-24-16-20(17-25(40-6-2)27(24)41-7-3)28-33-34-30(35(28)23-14-10-21(31)11-15-23)42-18-26(36)32-22-12-8-19(9-13-22)29(37)38-4/h8-17H,5-7,18H2,1-4H3,(H,32,36). The van der Waals surface area contributed by atoms with E-state index in [-0.39, 0.29) is 11.7 Å². The number of methoxy groups -OCH3 is 1. The maximum absolute atomic E-state index is 13.8. The van der Waals surface area contributed by atoms with Gasteiger partial charge in [0.2, 0.25) is 11.7 Å². The van der Waals surface area contributed by atoms with Gasteiger partial charge in [0.1, 0.15) is 5.82 Å². The number of aromatic nitrogens is 3. The van der Waals surface area contributed by atoms with Crippen LogP contribution in [0.15, 0.2) is 65.8 Å². The maximum atomic E-state index is 13.8. The molecule has 1 amide bonds. The van der Waals surface area contributed by atoms with E-state index in [1.54, 1.807) is 53.1 Å². The second kappa shape index (κ2) is 14.4. The highest BCUT2D eigenvalue weighted by Crippen LogP contribution is 2.42. The van der Waals surface area contributed by atoms with Gasteiger partial charge in [-0.3, -0.25) is 9.36 Å². The number of hydrogen-bond acceptors (Lipinski definition) is 9. The first-order valence-corrected chi connectivity index (χ1v) is 14.3. The van der Waals surface area contributed by atoms with E-state index in [2.05, 4.69) is 15.5 Å². The lowest BCUT2D eigenvalue weighted by Gasteiger charge is -2.17. The molecule has 12 heteroatoms. The Bertz CT molecular complexity index is 1500. The van der Waals surface area contributed by atoms with E-state index in [1.165, 1.54) is 19.2 Å². The van der Waals surface area contributed by atoms with Crippen LogP contribution in [0.2, 0.25) is 0 Å². The molecule has 0 fully saturated rings. The summed E-state index contributed by atoms with van der Waals surface area (Å²) < 4.78 is 37.8. The van der Waals surface area contributed by atoms with E-state index in [1.807, 2.05) is 20.8 Å². The van der Waals surface area contributed by atoms with Gasteiger partial charge in [-0.1, -0.05) is 11.8 Å². The van der Waals surface area contributed by atoms with Crippen molar-refractivity contribution in [3.05, 3.63) is 72.0 Å². The summed E-state index contributed by atoms with van der Waals surface area (Å²) in [6, 6.07) is 15.8. The van der Waals surface area contributed by atoms with E-state index >= 15 is 0 Å². The van der Waals surface area contributed by atoms with Gasteiger partial charge in [0.05, 0.1) is 38.2 Å². The minimum Gasteiger partial charge on any atom is -0.490 e. The number of anilines is 1. The van der Waals surface area contributed by atoms with E-state index < -0.39 is 11.8 Å². The van der Waals surface area contributed by atoms with Crippen molar-refractivity contribution in [3.8, 4) is 34.3 Å². The van der Waals surface area contributed by atoms with Crippen molar-refractivity contribution < 1.29 is 32.9 Å². The van der Waals surface area contributed by atoms with Gasteiger partial charge in [-0.25, -0.2) is 9.18 Å². The first-order valence-electron chi connectivity index (χ1n) is 13.3. The highest BCUT2D eigenvalue weighted by molar-refractivity contribution is 7.99. The SMILES string of the molecule is CCOc1cc(-c2nnc(SCC(=O)Nc3ccc(C(=O)OC)cc3)n2-c2ccc(F)cc2)cc(OCC)c1OCC. The molecule has 0 aliphatic heterocycles. The van der Waals surface area contributed by atoms with Crippen LogP contribution in [0.3, 0.4) is 0 Å². The molecule has 1 heterocycles. The Morgan fingerprint density at radius 3 is 2.07 bits per heavy atom. The van der Waals surface area contributed by atoms with Gasteiger partial charge < -0.3 is 24.3 Å². The molecule has 1 aromatic heterocycles. The minimum absolute atomic E-state index is 0.00967. The van der Waals surface area contributed by atoms with Crippen molar-refractivity contribution in [2.75, 3.05) is 38.0 Å². The van der Waals surface area contributed by atoms with Crippen molar-refractivity contribution in [2.45, 2.75) is 25.9 Å². The summed E-state index contributed by atoms with van der Waals surface area (Å²) >= 11 is 1.16. The van der Waals surface area contributed by atoms with E-state index in [0.717, 1.165) is 11.8 Å². The molecule has 0 saturated heterocycles. The van der Waals surface area contributed by atoms with Crippen LogP contribution in [-0.2, 0) is 9.53 Å². The van der Waals surface area contributed by atoms with Crippen molar-refractivity contribution in [3.63, 3.8) is 0 Å². The highest BCUT2D eigenvalue weighted by Gasteiger charge is 2.22. The Morgan fingerprint density at radius 2 is 1.50 bits per heavy atom. The van der Waals surface area contributed by atoms with Crippen molar-refractivity contribution in [2.24, 2.45) is 0 Å². The lowest BCUT2D eigenvalue weighted by atomic mass is 10.1. The molecule has 4 aromatic rings. The van der Waals surface area contributed by atoms with Gasteiger partial charge in [0, 0.05) is 16.9 Å². The van der Waals surface area contributed by atoms with Gasteiger partial charge in [0.15, 0.2) is 22.5 Å².